The number of halogens is 2. The summed E-state index contributed by atoms with van der Waals surface area (Å²) < 4.78 is 45.1. The van der Waals surface area contributed by atoms with Crippen LogP contribution in [0.15, 0.2) is 59.6 Å². The van der Waals surface area contributed by atoms with Crippen LogP contribution in [0, 0.1) is 11.7 Å². The van der Waals surface area contributed by atoms with Crippen molar-refractivity contribution in [1.82, 2.24) is 28.5 Å². The van der Waals surface area contributed by atoms with E-state index in [2.05, 4.69) is 29.6 Å². The van der Waals surface area contributed by atoms with Crippen LogP contribution in [-0.2, 0) is 16.2 Å². The number of imidazole rings is 2. The molecule has 0 radical (unpaired) electrons. The van der Waals surface area contributed by atoms with Crippen LogP contribution in [-0.4, -0.2) is 55.9 Å². The smallest absolute Gasteiger partial charge is 0.332 e. The molecule has 0 aromatic carbocycles. The largest absolute Gasteiger partial charge is 0.370 e. The molecule has 12 heteroatoms. The third-order valence-corrected chi connectivity index (χ3v) is 9.02. The minimum absolute atomic E-state index is 0.0533. The molecule has 3 unspecified atom stereocenters. The summed E-state index contributed by atoms with van der Waals surface area (Å²) in [6.45, 7) is 7.70. The van der Waals surface area contributed by atoms with Gasteiger partial charge in [-0.1, -0.05) is 31.8 Å². The average Bonchev–Trinajstić information content (AvgIpc) is 3.43. The zero-order valence-corrected chi connectivity index (χ0v) is 23.1. The SMILES string of the molecule is C[Si](C)(C)CCOCn1c(=O)n(C2CCOC3C(F)=CC=CC32)c2nc(-c3cnc4ccc(F)cn34)ncc21. The van der Waals surface area contributed by atoms with Crippen LogP contribution < -0.4 is 5.69 Å². The lowest BCUT2D eigenvalue weighted by Gasteiger charge is -2.37. The standard InChI is InChI=1S/C27H30F2N6O3Si/c1-39(2,3)12-11-37-16-34-22-14-31-25(21-13-30-23-8-7-17(28)15-33(21)23)32-26(22)35(27(34)36)20-9-10-38-24-18(20)5-4-6-19(24)29/h4-8,13-15,18,20,24H,9-12,16H2,1-3H3. The molecule has 1 saturated heterocycles. The lowest BCUT2D eigenvalue weighted by Crippen LogP contribution is -2.41. The van der Waals surface area contributed by atoms with Gasteiger partial charge in [-0.3, -0.25) is 13.5 Å². The molecule has 0 amide bonds. The second kappa shape index (κ2) is 9.92. The number of aromatic nitrogens is 6. The topological polar surface area (TPSA) is 88.5 Å². The number of pyridine rings is 1. The molecule has 0 saturated carbocycles. The summed E-state index contributed by atoms with van der Waals surface area (Å²) in [6.07, 6.45) is 9.17. The van der Waals surface area contributed by atoms with Gasteiger partial charge in [-0.15, -0.1) is 0 Å². The monoisotopic (exact) mass is 552 g/mol. The maximum Gasteiger partial charge on any atom is 0.332 e. The van der Waals surface area contributed by atoms with Crippen LogP contribution in [0.25, 0.3) is 28.3 Å². The number of fused-ring (bicyclic) bond motifs is 3. The number of rotatable bonds is 7. The molecule has 0 spiro atoms. The molecule has 2 aliphatic rings. The van der Waals surface area contributed by atoms with E-state index in [9.17, 15) is 13.6 Å². The number of hydrogen-bond donors (Lipinski definition) is 0. The molecule has 6 rings (SSSR count). The Morgan fingerprint density at radius 3 is 2.85 bits per heavy atom. The molecule has 0 bridgehead atoms. The van der Waals surface area contributed by atoms with Crippen molar-refractivity contribution in [1.29, 1.82) is 0 Å². The Hall–Kier alpha value is -3.48. The van der Waals surface area contributed by atoms with E-state index < -0.39 is 20.0 Å². The molecular weight excluding hydrogens is 522 g/mol. The molecule has 3 atom stereocenters. The van der Waals surface area contributed by atoms with Crippen LogP contribution in [0.4, 0.5) is 8.78 Å². The van der Waals surface area contributed by atoms with Crippen molar-refractivity contribution in [2.75, 3.05) is 13.2 Å². The van der Waals surface area contributed by atoms with E-state index in [1.807, 2.05) is 6.08 Å². The Bertz CT molecular complexity index is 1670. The Labute approximate surface area is 224 Å². The molecule has 39 heavy (non-hydrogen) atoms. The summed E-state index contributed by atoms with van der Waals surface area (Å²) in [5.41, 5.74) is 1.64. The molecule has 5 heterocycles. The van der Waals surface area contributed by atoms with Crippen LogP contribution in [0.3, 0.4) is 0 Å². The fraction of sp³-hybridized carbons (Fsp3) is 0.407. The van der Waals surface area contributed by atoms with Gasteiger partial charge in [0.25, 0.3) is 0 Å². The second-order valence-corrected chi connectivity index (χ2v) is 16.8. The summed E-state index contributed by atoms with van der Waals surface area (Å²) in [7, 11) is -1.31. The zero-order chi connectivity index (χ0) is 27.3. The number of hydrogen-bond acceptors (Lipinski definition) is 6. The van der Waals surface area contributed by atoms with Crippen molar-refractivity contribution in [3.05, 3.63) is 71.1 Å². The molecule has 0 N–H and O–H groups in total. The van der Waals surface area contributed by atoms with Gasteiger partial charge in [-0.2, -0.15) is 0 Å². The van der Waals surface area contributed by atoms with Gasteiger partial charge in [-0.05, 0) is 30.7 Å². The Kier molecular flexibility index (Phi) is 6.56. The highest BCUT2D eigenvalue weighted by Gasteiger charge is 2.39. The zero-order valence-electron chi connectivity index (χ0n) is 22.1. The molecule has 1 fully saturated rings. The molecule has 4 aromatic heterocycles. The van der Waals surface area contributed by atoms with Gasteiger partial charge < -0.3 is 9.47 Å². The minimum Gasteiger partial charge on any atom is -0.370 e. The van der Waals surface area contributed by atoms with Crippen molar-refractivity contribution >= 4 is 24.9 Å². The quantitative estimate of drug-likeness (QED) is 0.243. The minimum atomic E-state index is -1.31. The van der Waals surface area contributed by atoms with Crippen LogP contribution in [0.1, 0.15) is 12.5 Å². The van der Waals surface area contributed by atoms with Crippen molar-refractivity contribution in [3.63, 3.8) is 0 Å². The summed E-state index contributed by atoms with van der Waals surface area (Å²) >= 11 is 0. The maximum absolute atomic E-state index is 14.7. The van der Waals surface area contributed by atoms with E-state index in [0.29, 0.717) is 48.0 Å². The normalized spacial score (nSPS) is 21.5. The summed E-state index contributed by atoms with van der Waals surface area (Å²) in [5, 5.41) is 0. The summed E-state index contributed by atoms with van der Waals surface area (Å²) in [5.74, 6) is -0.868. The highest BCUT2D eigenvalue weighted by molar-refractivity contribution is 6.76. The summed E-state index contributed by atoms with van der Waals surface area (Å²) in [6, 6.07) is 3.48. The van der Waals surface area contributed by atoms with Gasteiger partial charge >= 0.3 is 5.69 Å². The van der Waals surface area contributed by atoms with Gasteiger partial charge in [0.15, 0.2) is 11.5 Å². The first-order valence-corrected chi connectivity index (χ1v) is 16.8. The summed E-state index contributed by atoms with van der Waals surface area (Å²) in [4.78, 5) is 27.6. The first kappa shape index (κ1) is 25.8. The van der Waals surface area contributed by atoms with Crippen molar-refractivity contribution in [2.24, 2.45) is 5.92 Å². The van der Waals surface area contributed by atoms with Crippen LogP contribution in [0.5, 0.6) is 0 Å². The maximum atomic E-state index is 14.7. The van der Waals surface area contributed by atoms with Gasteiger partial charge in [0.05, 0.1) is 18.4 Å². The number of nitrogens with zero attached hydrogens (tertiary/aromatic N) is 6. The highest BCUT2D eigenvalue weighted by Crippen LogP contribution is 2.38. The first-order chi connectivity index (χ1) is 18.7. The first-order valence-electron chi connectivity index (χ1n) is 13.1. The van der Waals surface area contributed by atoms with Crippen molar-refractivity contribution < 1.29 is 18.3 Å². The number of ether oxygens (including phenoxy) is 2. The van der Waals surface area contributed by atoms with E-state index in [4.69, 9.17) is 14.5 Å². The van der Waals surface area contributed by atoms with E-state index in [-0.39, 0.29) is 30.2 Å². The molecular formula is C27H30F2N6O3Si. The van der Waals surface area contributed by atoms with Crippen LogP contribution >= 0.6 is 0 Å². The van der Waals surface area contributed by atoms with Crippen molar-refractivity contribution in [2.45, 2.75) is 51.0 Å². The van der Waals surface area contributed by atoms with E-state index in [1.165, 1.54) is 22.9 Å². The predicted octanol–water partition coefficient (Wildman–Crippen LogP) is 4.73. The third kappa shape index (κ3) is 4.77. The average molecular weight is 553 g/mol. The molecule has 1 aliphatic carbocycles. The van der Waals surface area contributed by atoms with E-state index in [1.54, 1.807) is 33.5 Å². The second-order valence-electron chi connectivity index (χ2n) is 11.2. The van der Waals surface area contributed by atoms with Crippen molar-refractivity contribution in [3.8, 4) is 11.5 Å². The lowest BCUT2D eigenvalue weighted by atomic mass is 9.85. The van der Waals surface area contributed by atoms with Gasteiger partial charge in [0.2, 0.25) is 0 Å². The predicted molar refractivity (Wildman–Crippen MR) is 145 cm³/mol. The Morgan fingerprint density at radius 2 is 2.03 bits per heavy atom. The molecule has 4 aromatic rings. The fourth-order valence-corrected chi connectivity index (χ4v) is 6.00. The lowest BCUT2D eigenvalue weighted by molar-refractivity contribution is -0.0269. The Balaban J connectivity index is 1.47. The number of allylic oxidation sites excluding steroid dienone is 2. The molecule has 1 aliphatic heterocycles. The van der Waals surface area contributed by atoms with Gasteiger partial charge in [-0.25, -0.2) is 28.5 Å². The molecule has 204 valence electrons. The van der Waals surface area contributed by atoms with E-state index >= 15 is 0 Å². The van der Waals surface area contributed by atoms with Gasteiger partial charge in [0, 0.05) is 33.4 Å². The van der Waals surface area contributed by atoms with Crippen LogP contribution in [0.2, 0.25) is 25.7 Å². The van der Waals surface area contributed by atoms with E-state index in [0.717, 1.165) is 6.04 Å². The molecule has 9 nitrogen and oxygen atoms in total. The van der Waals surface area contributed by atoms with Gasteiger partial charge in [0.1, 0.15) is 41.3 Å². The fourth-order valence-electron chi connectivity index (χ4n) is 5.24. The highest BCUT2D eigenvalue weighted by atomic mass is 28.3. The third-order valence-electron chi connectivity index (χ3n) is 7.32. The Morgan fingerprint density at radius 1 is 1.18 bits per heavy atom.